The molecule has 0 N–H and O–H groups in total. The minimum atomic E-state index is 0. The van der Waals surface area contributed by atoms with Gasteiger partial charge in [0, 0.05) is 0 Å². The maximum atomic E-state index is 2.23. The summed E-state index contributed by atoms with van der Waals surface area (Å²) in [5, 5.41) is 0. The molecule has 0 fully saturated rings. The summed E-state index contributed by atoms with van der Waals surface area (Å²) in [5.74, 6) is 0. The van der Waals surface area contributed by atoms with Gasteiger partial charge in [0.1, 0.15) is 0 Å². The molecule has 0 saturated carbocycles. The van der Waals surface area contributed by atoms with Crippen molar-refractivity contribution in [2.24, 2.45) is 0 Å². The van der Waals surface area contributed by atoms with E-state index in [9.17, 15) is 0 Å². The Hall–Kier alpha value is 0.774. The third-order valence-electron chi connectivity index (χ3n) is 1.29. The van der Waals surface area contributed by atoms with E-state index in [-0.39, 0.29) is 24.8 Å². The van der Waals surface area contributed by atoms with Crippen LogP contribution in [-0.2, 0) is 20.4 Å². The quantitative estimate of drug-likeness (QED) is 0.412. The fraction of sp³-hybridized carbons (Fsp3) is 0.429. The predicted molar refractivity (Wildman–Crippen MR) is 31.3 cm³/mol. The van der Waals surface area contributed by atoms with Crippen LogP contribution in [0.5, 0.6) is 0 Å². The molecule has 0 bridgehead atoms. The van der Waals surface area contributed by atoms with Crippen LogP contribution in [0.2, 0.25) is 4.73 Å². The van der Waals surface area contributed by atoms with Gasteiger partial charge >= 0.3 is 61.8 Å². The van der Waals surface area contributed by atoms with Gasteiger partial charge in [-0.15, -0.1) is 0 Å². The third kappa shape index (κ3) is 4.57. The summed E-state index contributed by atoms with van der Waals surface area (Å²) in [6.45, 7) is 0. The molecular weight excluding hydrogens is 203 g/mol. The molecule has 0 heterocycles. The second kappa shape index (κ2) is 7.88. The van der Waals surface area contributed by atoms with Crippen molar-refractivity contribution in [1.29, 1.82) is 0 Å². The standard InChI is InChI=1S/C7H9.2ClH.Ti/c1-2-7-5-3-4-6-7;;;/h3-5H,1-2,6H2;2*1H;/q;;;+2/p-2. The average molecular weight is 212 g/mol. The maximum absolute atomic E-state index is 2.23. The van der Waals surface area contributed by atoms with Gasteiger partial charge in [0.2, 0.25) is 0 Å². The van der Waals surface area contributed by atoms with Crippen molar-refractivity contribution < 1.29 is 45.2 Å². The Bertz CT molecular complexity index is 130. The van der Waals surface area contributed by atoms with Crippen molar-refractivity contribution in [3.05, 3.63) is 23.8 Å². The molecule has 1 aliphatic carbocycles. The van der Waals surface area contributed by atoms with Crippen LogP contribution in [0.15, 0.2) is 23.8 Å². The van der Waals surface area contributed by atoms with Crippen LogP contribution in [-0.4, -0.2) is 0 Å². The molecule has 0 atom stereocenters. The van der Waals surface area contributed by atoms with E-state index in [0.717, 1.165) is 0 Å². The molecule has 0 radical (unpaired) electrons. The molecule has 0 aromatic rings. The van der Waals surface area contributed by atoms with Crippen LogP contribution in [0, 0.1) is 0 Å². The van der Waals surface area contributed by atoms with Crippen LogP contribution in [0.4, 0.5) is 0 Å². The predicted octanol–water partition coefficient (Wildman–Crippen LogP) is -3.76. The van der Waals surface area contributed by atoms with E-state index < -0.39 is 0 Å². The summed E-state index contributed by atoms with van der Waals surface area (Å²) in [5.41, 5.74) is 1.59. The van der Waals surface area contributed by atoms with Gasteiger partial charge in [0.05, 0.1) is 0 Å². The van der Waals surface area contributed by atoms with Crippen LogP contribution >= 0.6 is 0 Å². The summed E-state index contributed by atoms with van der Waals surface area (Å²) in [4.78, 5) is 0. The Morgan fingerprint density at radius 2 is 2.10 bits per heavy atom. The van der Waals surface area contributed by atoms with Crippen molar-refractivity contribution in [1.82, 2.24) is 0 Å². The SMILES string of the molecule is [Cl-].[Cl-].[Ti+2][CH2]CC1=CC=CC1. The van der Waals surface area contributed by atoms with E-state index in [0.29, 0.717) is 0 Å². The molecule has 55 valence electrons. The van der Waals surface area contributed by atoms with Gasteiger partial charge in [0.25, 0.3) is 0 Å². The third-order valence-corrected chi connectivity index (χ3v) is 1.68. The average Bonchev–Trinajstić information content (AvgIpc) is 2.19. The molecule has 0 nitrogen and oxygen atoms in total. The molecule has 3 heteroatoms. The zero-order valence-electron chi connectivity index (χ0n) is 5.61. The molecule has 0 aromatic carbocycles. The first-order valence-electron chi connectivity index (χ1n) is 2.92. The number of hydrogen-bond acceptors (Lipinski definition) is 0. The molecule has 0 unspecified atom stereocenters. The van der Waals surface area contributed by atoms with Gasteiger partial charge in [-0.1, -0.05) is 0 Å². The number of hydrogen-bond donors (Lipinski definition) is 0. The summed E-state index contributed by atoms with van der Waals surface area (Å²) >= 11 is 2.22. The zero-order valence-corrected chi connectivity index (χ0v) is 8.68. The summed E-state index contributed by atoms with van der Waals surface area (Å²) in [6, 6.07) is 0. The van der Waals surface area contributed by atoms with E-state index in [1.807, 2.05) is 0 Å². The van der Waals surface area contributed by atoms with Gasteiger partial charge in [-0.2, -0.15) is 0 Å². The first-order chi connectivity index (χ1) is 3.93. The van der Waals surface area contributed by atoms with Crippen LogP contribution in [0.3, 0.4) is 0 Å². The van der Waals surface area contributed by atoms with E-state index in [4.69, 9.17) is 0 Å². The van der Waals surface area contributed by atoms with Crippen LogP contribution in [0.1, 0.15) is 12.8 Å². The first kappa shape index (κ1) is 13.4. The molecule has 0 saturated heterocycles. The van der Waals surface area contributed by atoms with Gasteiger partial charge in [-0.25, -0.2) is 0 Å². The molecule has 1 aliphatic rings. The van der Waals surface area contributed by atoms with E-state index in [2.05, 4.69) is 38.7 Å². The Kier molecular flexibility index (Phi) is 10.5. The molecule has 0 aliphatic heterocycles. The van der Waals surface area contributed by atoms with Crippen molar-refractivity contribution >= 4 is 0 Å². The van der Waals surface area contributed by atoms with Crippen LogP contribution < -0.4 is 24.8 Å². The van der Waals surface area contributed by atoms with Gasteiger partial charge in [-0.3, -0.25) is 0 Å². The second-order valence-electron chi connectivity index (χ2n) is 1.96. The zero-order chi connectivity index (χ0) is 5.82. The summed E-state index contributed by atoms with van der Waals surface area (Å²) in [7, 11) is 0. The van der Waals surface area contributed by atoms with E-state index >= 15 is 0 Å². The van der Waals surface area contributed by atoms with Crippen LogP contribution in [0.25, 0.3) is 0 Å². The minimum absolute atomic E-state index is 0. The van der Waals surface area contributed by atoms with Crippen molar-refractivity contribution in [2.75, 3.05) is 0 Å². The fourth-order valence-corrected chi connectivity index (χ4v) is 1.34. The first-order valence-corrected chi connectivity index (χ1v) is 4.03. The number of allylic oxidation sites excluding steroid dienone is 4. The second-order valence-corrected chi connectivity index (χ2v) is 2.74. The monoisotopic (exact) mass is 211 g/mol. The molecule has 0 spiro atoms. The van der Waals surface area contributed by atoms with E-state index in [1.165, 1.54) is 17.6 Å². The Morgan fingerprint density at radius 3 is 2.50 bits per heavy atom. The molecular formula is C7H9Cl2Ti. The molecule has 0 aromatic heterocycles. The Labute approximate surface area is 86.4 Å². The summed E-state index contributed by atoms with van der Waals surface area (Å²) in [6.07, 6.45) is 9.07. The topological polar surface area (TPSA) is 0 Å². The Balaban J connectivity index is 0. The molecule has 0 amide bonds. The van der Waals surface area contributed by atoms with Gasteiger partial charge in [-0.05, 0) is 0 Å². The number of rotatable bonds is 2. The van der Waals surface area contributed by atoms with Crippen molar-refractivity contribution in [3.63, 3.8) is 0 Å². The summed E-state index contributed by atoms with van der Waals surface area (Å²) < 4.78 is 1.29. The molecule has 1 rings (SSSR count). The normalized spacial score (nSPS) is 13.6. The van der Waals surface area contributed by atoms with Crippen molar-refractivity contribution in [3.8, 4) is 0 Å². The number of halogens is 2. The molecule has 10 heavy (non-hydrogen) atoms. The Morgan fingerprint density at radius 1 is 1.40 bits per heavy atom. The van der Waals surface area contributed by atoms with Gasteiger partial charge < -0.3 is 24.8 Å². The van der Waals surface area contributed by atoms with Crippen molar-refractivity contribution in [2.45, 2.75) is 17.6 Å². The fourth-order valence-electron chi connectivity index (χ4n) is 0.838. The van der Waals surface area contributed by atoms with Gasteiger partial charge in [0.15, 0.2) is 0 Å². The van der Waals surface area contributed by atoms with E-state index in [1.54, 1.807) is 5.57 Å².